The van der Waals surface area contributed by atoms with E-state index in [1.807, 2.05) is 12.3 Å². The number of anilines is 2. The van der Waals surface area contributed by atoms with Crippen molar-refractivity contribution >= 4 is 33.7 Å². The molecule has 7 heteroatoms. The molecule has 0 radical (unpaired) electrons. The zero-order valence-corrected chi connectivity index (χ0v) is 13.4. The van der Waals surface area contributed by atoms with E-state index in [1.165, 1.54) is 11.5 Å². The fourth-order valence-corrected chi connectivity index (χ4v) is 3.50. The zero-order valence-electron chi connectivity index (χ0n) is 11.7. The summed E-state index contributed by atoms with van der Waals surface area (Å²) < 4.78 is 4.22. The highest BCUT2D eigenvalue weighted by Gasteiger charge is 2.16. The molecule has 0 aromatic carbocycles. The summed E-state index contributed by atoms with van der Waals surface area (Å²) >= 11 is 2.96. The third kappa shape index (κ3) is 3.68. The van der Waals surface area contributed by atoms with Crippen molar-refractivity contribution in [2.24, 2.45) is 5.92 Å². The van der Waals surface area contributed by atoms with Crippen LogP contribution in [0, 0.1) is 12.8 Å². The molecule has 0 amide bonds. The molecule has 0 saturated heterocycles. The monoisotopic (exact) mass is 312 g/mol. The van der Waals surface area contributed by atoms with Crippen molar-refractivity contribution in [2.75, 3.05) is 24.2 Å². The third-order valence-electron chi connectivity index (χ3n) is 3.02. The number of rotatable bonds is 7. The van der Waals surface area contributed by atoms with Crippen molar-refractivity contribution in [1.29, 1.82) is 0 Å². The zero-order chi connectivity index (χ0) is 14.5. The van der Waals surface area contributed by atoms with E-state index in [1.54, 1.807) is 11.3 Å². The molecule has 110 valence electrons. The Bertz CT molecular complexity index is 552. The molecule has 0 saturated carbocycles. The quantitative estimate of drug-likeness (QED) is 0.685. The van der Waals surface area contributed by atoms with Crippen molar-refractivity contribution in [3.05, 3.63) is 11.1 Å². The van der Waals surface area contributed by atoms with Gasteiger partial charge in [-0.05, 0) is 37.2 Å². The van der Waals surface area contributed by atoms with Crippen LogP contribution in [0.1, 0.15) is 25.5 Å². The van der Waals surface area contributed by atoms with Gasteiger partial charge in [-0.3, -0.25) is 0 Å². The Hall–Kier alpha value is -1.18. The molecule has 0 aliphatic heterocycles. The van der Waals surface area contributed by atoms with Gasteiger partial charge in [0.15, 0.2) is 0 Å². The summed E-state index contributed by atoms with van der Waals surface area (Å²) in [5, 5.41) is 16.3. The molecule has 0 aliphatic rings. The molecule has 2 aromatic rings. The summed E-state index contributed by atoms with van der Waals surface area (Å²) in [7, 11) is 0. The largest absolute Gasteiger partial charge is 0.396 e. The molecule has 1 atom stereocenters. The minimum atomic E-state index is 0.247. The summed E-state index contributed by atoms with van der Waals surface area (Å²) in [5.74, 6) is 0.889. The molecule has 5 nitrogen and oxygen atoms in total. The van der Waals surface area contributed by atoms with Gasteiger partial charge in [0.25, 0.3) is 0 Å². The van der Waals surface area contributed by atoms with E-state index in [2.05, 4.69) is 21.6 Å². The normalized spacial score (nSPS) is 12.6. The van der Waals surface area contributed by atoms with Gasteiger partial charge in [-0.15, -0.1) is 11.3 Å². The molecule has 0 spiro atoms. The van der Waals surface area contributed by atoms with Gasteiger partial charge < -0.3 is 16.2 Å². The van der Waals surface area contributed by atoms with Gasteiger partial charge in [-0.2, -0.15) is 4.37 Å². The van der Waals surface area contributed by atoms with Crippen LogP contribution in [-0.2, 0) is 0 Å². The topological polar surface area (TPSA) is 84.1 Å². The van der Waals surface area contributed by atoms with E-state index < -0.39 is 0 Å². The number of nitrogen functional groups attached to an aromatic ring is 1. The SMILES string of the molecule is Cc1csc(-c2c(N)nsc2NCCCC(C)CO)n1. The smallest absolute Gasteiger partial charge is 0.149 e. The maximum Gasteiger partial charge on any atom is 0.149 e. The maximum atomic E-state index is 9.00. The van der Waals surface area contributed by atoms with Crippen molar-refractivity contribution in [3.63, 3.8) is 0 Å². The third-order valence-corrected chi connectivity index (χ3v) is 4.82. The standard InChI is InChI=1S/C13H20N4OS2/c1-8(6-18)4-3-5-15-12-10(11(14)17-20-12)13-16-9(2)7-19-13/h7-8,15,18H,3-6H2,1-2H3,(H2,14,17). The molecule has 2 heterocycles. The van der Waals surface area contributed by atoms with E-state index in [9.17, 15) is 0 Å². The summed E-state index contributed by atoms with van der Waals surface area (Å²) in [6.45, 7) is 5.12. The number of thiazole rings is 1. The van der Waals surface area contributed by atoms with Crippen molar-refractivity contribution in [2.45, 2.75) is 26.7 Å². The number of hydrogen-bond donors (Lipinski definition) is 3. The number of nitrogens with zero attached hydrogens (tertiary/aromatic N) is 2. The first-order valence-electron chi connectivity index (χ1n) is 6.64. The first-order valence-corrected chi connectivity index (χ1v) is 8.29. The average molecular weight is 312 g/mol. The van der Waals surface area contributed by atoms with Gasteiger partial charge in [0.2, 0.25) is 0 Å². The molecule has 2 aromatic heterocycles. The summed E-state index contributed by atoms with van der Waals surface area (Å²) in [4.78, 5) is 4.48. The fraction of sp³-hybridized carbons (Fsp3) is 0.538. The summed E-state index contributed by atoms with van der Waals surface area (Å²) in [6.07, 6.45) is 2.01. The highest BCUT2D eigenvalue weighted by Crippen LogP contribution is 2.38. The highest BCUT2D eigenvalue weighted by atomic mass is 32.1. The van der Waals surface area contributed by atoms with Crippen molar-refractivity contribution in [3.8, 4) is 10.6 Å². The van der Waals surface area contributed by atoms with Gasteiger partial charge in [0.05, 0.1) is 5.56 Å². The first-order chi connectivity index (χ1) is 9.61. The van der Waals surface area contributed by atoms with Gasteiger partial charge in [-0.25, -0.2) is 4.98 Å². The average Bonchev–Trinajstić information content (AvgIpc) is 3.00. The number of hydrogen-bond acceptors (Lipinski definition) is 7. The highest BCUT2D eigenvalue weighted by molar-refractivity contribution is 7.15. The Morgan fingerprint density at radius 3 is 2.95 bits per heavy atom. The maximum absolute atomic E-state index is 9.00. The molecule has 0 fully saturated rings. The van der Waals surface area contributed by atoms with E-state index in [0.29, 0.717) is 11.7 Å². The van der Waals surface area contributed by atoms with Crippen LogP contribution < -0.4 is 11.1 Å². The summed E-state index contributed by atoms with van der Waals surface area (Å²) in [5.41, 5.74) is 7.87. The van der Waals surface area contributed by atoms with Gasteiger partial charge in [0.1, 0.15) is 15.8 Å². The van der Waals surface area contributed by atoms with Crippen molar-refractivity contribution in [1.82, 2.24) is 9.36 Å². The van der Waals surface area contributed by atoms with Crippen LogP contribution in [0.5, 0.6) is 0 Å². The molecule has 20 heavy (non-hydrogen) atoms. The lowest BCUT2D eigenvalue weighted by molar-refractivity contribution is 0.229. The molecule has 0 aliphatic carbocycles. The molecule has 1 unspecified atom stereocenters. The molecule has 4 N–H and O–H groups in total. The van der Waals surface area contributed by atoms with Crippen LogP contribution in [0.4, 0.5) is 10.8 Å². The molecular weight excluding hydrogens is 292 g/mol. The number of aliphatic hydroxyl groups is 1. The van der Waals surface area contributed by atoms with Gasteiger partial charge in [0, 0.05) is 24.2 Å². The number of nitrogens with one attached hydrogen (secondary N) is 1. The van der Waals surface area contributed by atoms with Crippen LogP contribution in [0.25, 0.3) is 10.6 Å². The summed E-state index contributed by atoms with van der Waals surface area (Å²) in [6, 6.07) is 0. The Kier molecular flexibility index (Phi) is 5.33. The molecule has 0 bridgehead atoms. The van der Waals surface area contributed by atoms with E-state index >= 15 is 0 Å². The minimum absolute atomic E-state index is 0.247. The second-order valence-corrected chi connectivity index (χ2v) is 6.55. The number of aromatic nitrogens is 2. The Morgan fingerprint density at radius 2 is 2.30 bits per heavy atom. The lowest BCUT2D eigenvalue weighted by atomic mass is 10.1. The lowest BCUT2D eigenvalue weighted by Crippen LogP contribution is -2.06. The van der Waals surface area contributed by atoms with E-state index in [0.717, 1.165) is 40.7 Å². The van der Waals surface area contributed by atoms with E-state index in [4.69, 9.17) is 10.8 Å². The minimum Gasteiger partial charge on any atom is -0.396 e. The predicted molar refractivity (Wildman–Crippen MR) is 86.3 cm³/mol. The van der Waals surface area contributed by atoms with Crippen LogP contribution in [0.2, 0.25) is 0 Å². The van der Waals surface area contributed by atoms with E-state index in [-0.39, 0.29) is 6.61 Å². The molecular formula is C13H20N4OS2. The van der Waals surface area contributed by atoms with Gasteiger partial charge >= 0.3 is 0 Å². The number of aryl methyl sites for hydroxylation is 1. The van der Waals surface area contributed by atoms with Crippen molar-refractivity contribution < 1.29 is 5.11 Å². The van der Waals surface area contributed by atoms with Crippen LogP contribution in [0.3, 0.4) is 0 Å². The molecule has 2 rings (SSSR count). The van der Waals surface area contributed by atoms with Gasteiger partial charge in [-0.1, -0.05) is 6.92 Å². The Labute approximate surface area is 127 Å². The lowest BCUT2D eigenvalue weighted by Gasteiger charge is -2.08. The van der Waals surface area contributed by atoms with Crippen LogP contribution in [-0.4, -0.2) is 27.6 Å². The second-order valence-electron chi connectivity index (χ2n) is 4.92. The number of aliphatic hydroxyl groups excluding tert-OH is 1. The predicted octanol–water partition coefficient (Wildman–Crippen LogP) is 2.98. The van der Waals surface area contributed by atoms with Crippen LogP contribution in [0.15, 0.2) is 5.38 Å². The second kappa shape index (κ2) is 7.01. The Morgan fingerprint density at radius 1 is 1.50 bits per heavy atom. The fourth-order valence-electron chi connectivity index (χ4n) is 1.84. The first kappa shape index (κ1) is 15.2. The Balaban J connectivity index is 1.99. The number of nitrogens with two attached hydrogens (primary N) is 1. The van der Waals surface area contributed by atoms with Crippen LogP contribution >= 0.6 is 22.9 Å².